The van der Waals surface area contributed by atoms with Gasteiger partial charge in [0.25, 0.3) is 0 Å². The van der Waals surface area contributed by atoms with Crippen molar-refractivity contribution in [2.24, 2.45) is 35.5 Å². The van der Waals surface area contributed by atoms with Crippen LogP contribution in [0.5, 0.6) is 0 Å². The number of carbonyl (C=O) groups is 3. The lowest BCUT2D eigenvalue weighted by Gasteiger charge is -2.37. The van der Waals surface area contributed by atoms with Crippen molar-refractivity contribution in [2.75, 3.05) is 11.9 Å². The first-order valence-corrected chi connectivity index (χ1v) is 9.13. The lowest BCUT2D eigenvalue weighted by Crippen LogP contribution is -2.40. The molecule has 6 heteroatoms. The van der Waals surface area contributed by atoms with Crippen molar-refractivity contribution in [1.29, 1.82) is 0 Å². The van der Waals surface area contributed by atoms with E-state index in [9.17, 15) is 18.8 Å². The number of anilines is 1. The monoisotopic (exact) mass is 354 g/mol. The second kappa shape index (κ2) is 5.50. The molecular formula is C20H19FN2O3. The number of amides is 3. The van der Waals surface area contributed by atoms with Crippen LogP contribution in [0.2, 0.25) is 0 Å². The maximum Gasteiger partial charge on any atom is 0.233 e. The Morgan fingerprint density at radius 3 is 2.19 bits per heavy atom. The van der Waals surface area contributed by atoms with Crippen LogP contribution in [0.3, 0.4) is 0 Å². The van der Waals surface area contributed by atoms with Crippen molar-refractivity contribution in [3.05, 3.63) is 42.2 Å². The molecule has 0 radical (unpaired) electrons. The second-order valence-electron chi connectivity index (χ2n) is 7.79. The number of benzene rings is 1. The summed E-state index contributed by atoms with van der Waals surface area (Å²) < 4.78 is 12.9. The van der Waals surface area contributed by atoms with Gasteiger partial charge in [-0.1, -0.05) is 12.2 Å². The molecule has 1 aromatic carbocycles. The van der Waals surface area contributed by atoms with E-state index in [-0.39, 0.29) is 60.2 Å². The van der Waals surface area contributed by atoms with Crippen LogP contribution in [0.15, 0.2) is 36.4 Å². The molecule has 5 nitrogen and oxygen atoms in total. The summed E-state index contributed by atoms with van der Waals surface area (Å²) in [6, 6.07) is 5.48. The van der Waals surface area contributed by atoms with Crippen molar-refractivity contribution < 1.29 is 18.8 Å². The molecule has 1 aromatic rings. The van der Waals surface area contributed by atoms with Gasteiger partial charge in [-0.25, -0.2) is 4.39 Å². The van der Waals surface area contributed by atoms with E-state index in [1.165, 1.54) is 29.2 Å². The largest absolute Gasteiger partial charge is 0.326 e. The van der Waals surface area contributed by atoms with Crippen LogP contribution in [-0.2, 0) is 14.4 Å². The van der Waals surface area contributed by atoms with E-state index in [1.54, 1.807) is 0 Å². The maximum atomic E-state index is 12.9. The van der Waals surface area contributed by atoms with E-state index >= 15 is 0 Å². The van der Waals surface area contributed by atoms with Gasteiger partial charge in [0.2, 0.25) is 17.7 Å². The summed E-state index contributed by atoms with van der Waals surface area (Å²) in [4.78, 5) is 39.0. The highest BCUT2D eigenvalue weighted by Crippen LogP contribution is 2.65. The van der Waals surface area contributed by atoms with Gasteiger partial charge < -0.3 is 5.32 Å². The fourth-order valence-corrected chi connectivity index (χ4v) is 5.21. The summed E-state index contributed by atoms with van der Waals surface area (Å²) in [5, 5.41) is 2.66. The number of nitrogens with zero attached hydrogens (tertiary/aromatic N) is 1. The Balaban J connectivity index is 1.24. The van der Waals surface area contributed by atoms with E-state index in [0.717, 1.165) is 6.42 Å². The number of carbonyl (C=O) groups excluding carboxylic acids is 3. The minimum absolute atomic E-state index is 0.0456. The van der Waals surface area contributed by atoms with Crippen molar-refractivity contribution >= 4 is 23.4 Å². The number of likely N-dealkylation sites (tertiary alicyclic amines) is 1. The molecule has 2 saturated carbocycles. The Labute approximate surface area is 150 Å². The molecule has 0 aromatic heterocycles. The SMILES string of the molecule is O=C(CCN1C(=O)[C@@H]2[C@@H]3C=C[C@H]([C@@H]4C[C@H]34)[C@H]2C1=O)Nc1ccc(F)cc1. The molecular weight excluding hydrogens is 335 g/mol. The van der Waals surface area contributed by atoms with Crippen LogP contribution >= 0.6 is 0 Å². The molecule has 6 atom stereocenters. The lowest BCUT2D eigenvalue weighted by molar-refractivity contribution is -0.140. The third-order valence-electron chi connectivity index (χ3n) is 6.44. The standard InChI is InChI=1S/C20H19FN2O3/c21-10-1-3-11(4-2-10)22-16(24)7-8-23-19(25)17-12-5-6-13(15-9-14(12)15)18(17)20(23)26/h1-6,12-15,17-18H,7-9H2,(H,22,24)/t12-,13-,14-,15+,17-,18-/m1/s1. The highest BCUT2D eigenvalue weighted by atomic mass is 19.1. The fourth-order valence-electron chi connectivity index (χ4n) is 5.21. The molecule has 1 heterocycles. The predicted octanol–water partition coefficient (Wildman–Crippen LogP) is 2.21. The summed E-state index contributed by atoms with van der Waals surface area (Å²) in [5.74, 6) is 0.209. The Bertz CT molecular complexity index is 798. The summed E-state index contributed by atoms with van der Waals surface area (Å²) in [7, 11) is 0. The van der Waals surface area contributed by atoms with E-state index in [2.05, 4.69) is 17.5 Å². The van der Waals surface area contributed by atoms with Crippen LogP contribution in [-0.4, -0.2) is 29.2 Å². The Hall–Kier alpha value is -2.50. The minimum atomic E-state index is -0.375. The molecule has 1 N–H and O–H groups in total. The topological polar surface area (TPSA) is 66.5 Å². The average molecular weight is 354 g/mol. The van der Waals surface area contributed by atoms with Crippen LogP contribution in [0.4, 0.5) is 10.1 Å². The molecule has 134 valence electrons. The first-order valence-electron chi connectivity index (χ1n) is 9.13. The molecule has 0 unspecified atom stereocenters. The number of nitrogens with one attached hydrogen (secondary N) is 1. The molecule has 1 aliphatic heterocycles. The predicted molar refractivity (Wildman–Crippen MR) is 91.1 cm³/mol. The van der Waals surface area contributed by atoms with Gasteiger partial charge in [-0.3, -0.25) is 19.3 Å². The van der Waals surface area contributed by atoms with Gasteiger partial charge in [-0.15, -0.1) is 0 Å². The Kier molecular flexibility index (Phi) is 3.33. The van der Waals surface area contributed by atoms with Gasteiger partial charge in [0, 0.05) is 18.7 Å². The molecule has 3 fully saturated rings. The second-order valence-corrected chi connectivity index (χ2v) is 7.79. The lowest BCUT2D eigenvalue weighted by atomic mass is 9.63. The minimum Gasteiger partial charge on any atom is -0.326 e. The Morgan fingerprint density at radius 1 is 1.04 bits per heavy atom. The number of imide groups is 1. The van der Waals surface area contributed by atoms with Gasteiger partial charge in [-0.2, -0.15) is 0 Å². The average Bonchev–Trinajstić information content (AvgIpc) is 3.41. The highest BCUT2D eigenvalue weighted by Gasteiger charge is 2.66. The van der Waals surface area contributed by atoms with Gasteiger partial charge in [0.1, 0.15) is 5.82 Å². The number of hydrogen-bond acceptors (Lipinski definition) is 3. The highest BCUT2D eigenvalue weighted by molar-refractivity contribution is 6.06. The number of allylic oxidation sites excluding steroid dienone is 2. The van der Waals surface area contributed by atoms with Crippen LogP contribution in [0, 0.1) is 41.3 Å². The van der Waals surface area contributed by atoms with Crippen LogP contribution in [0.1, 0.15) is 12.8 Å². The van der Waals surface area contributed by atoms with Crippen molar-refractivity contribution in [3.63, 3.8) is 0 Å². The van der Waals surface area contributed by atoms with Crippen LogP contribution < -0.4 is 5.32 Å². The number of halogens is 1. The van der Waals surface area contributed by atoms with Gasteiger partial charge in [0.15, 0.2) is 0 Å². The third kappa shape index (κ3) is 2.24. The smallest absolute Gasteiger partial charge is 0.233 e. The van der Waals surface area contributed by atoms with Crippen molar-refractivity contribution in [2.45, 2.75) is 12.8 Å². The zero-order valence-electron chi connectivity index (χ0n) is 14.1. The molecule has 0 spiro atoms. The molecule has 3 amide bonds. The first-order chi connectivity index (χ1) is 12.5. The van der Waals surface area contributed by atoms with E-state index in [1.807, 2.05) is 0 Å². The first kappa shape index (κ1) is 15.7. The summed E-state index contributed by atoms with van der Waals surface area (Å²) >= 11 is 0. The quantitative estimate of drug-likeness (QED) is 0.666. The van der Waals surface area contributed by atoms with E-state index < -0.39 is 0 Å². The molecule has 5 aliphatic rings. The van der Waals surface area contributed by atoms with Crippen LogP contribution in [0.25, 0.3) is 0 Å². The Morgan fingerprint density at radius 2 is 1.62 bits per heavy atom. The summed E-state index contributed by atoms with van der Waals surface area (Å²) in [5.41, 5.74) is 0.492. The summed E-state index contributed by atoms with van der Waals surface area (Å²) in [6.45, 7) is 0.104. The normalized spacial score (nSPS) is 36.1. The number of rotatable bonds is 4. The van der Waals surface area contributed by atoms with E-state index in [0.29, 0.717) is 17.5 Å². The van der Waals surface area contributed by atoms with E-state index in [4.69, 9.17) is 0 Å². The zero-order valence-corrected chi connectivity index (χ0v) is 14.1. The summed E-state index contributed by atoms with van der Waals surface area (Å²) in [6.07, 6.45) is 5.45. The molecule has 6 rings (SSSR count). The third-order valence-corrected chi connectivity index (χ3v) is 6.44. The van der Waals surface area contributed by atoms with Gasteiger partial charge >= 0.3 is 0 Å². The molecule has 4 aliphatic carbocycles. The number of hydrogen-bond donors (Lipinski definition) is 1. The van der Waals surface area contributed by atoms with Crippen molar-refractivity contribution in [3.8, 4) is 0 Å². The zero-order chi connectivity index (χ0) is 18.0. The molecule has 26 heavy (non-hydrogen) atoms. The maximum absolute atomic E-state index is 12.9. The van der Waals surface area contributed by atoms with Gasteiger partial charge in [0.05, 0.1) is 11.8 Å². The fraction of sp³-hybridized carbons (Fsp3) is 0.450. The van der Waals surface area contributed by atoms with Gasteiger partial charge in [-0.05, 0) is 54.4 Å². The van der Waals surface area contributed by atoms with Crippen molar-refractivity contribution in [1.82, 2.24) is 4.90 Å². The molecule has 2 bridgehead atoms. The molecule has 1 saturated heterocycles.